The molecule has 2 aromatic rings. The number of rotatable bonds is 6. The first-order valence-corrected chi connectivity index (χ1v) is 8.18. The molecule has 2 nitrogen and oxygen atoms in total. The van der Waals surface area contributed by atoms with Crippen LogP contribution >= 0.6 is 11.3 Å². The summed E-state index contributed by atoms with van der Waals surface area (Å²) in [5.74, 6) is 1.31. The molecular formula is C18H22O2S. The van der Waals surface area contributed by atoms with Crippen LogP contribution in [0.15, 0.2) is 30.3 Å². The minimum atomic E-state index is 0.0500. The Balaban J connectivity index is 2.05. The van der Waals surface area contributed by atoms with Crippen LogP contribution in [0, 0.1) is 6.92 Å². The molecule has 0 spiro atoms. The van der Waals surface area contributed by atoms with Crippen molar-refractivity contribution in [3.8, 4) is 5.75 Å². The number of thiophene rings is 1. The van der Waals surface area contributed by atoms with Crippen molar-refractivity contribution in [3.63, 3.8) is 0 Å². The highest BCUT2D eigenvalue weighted by Gasteiger charge is 2.11. The van der Waals surface area contributed by atoms with Crippen molar-refractivity contribution in [2.45, 2.75) is 40.0 Å². The summed E-state index contributed by atoms with van der Waals surface area (Å²) in [5, 5.41) is 0. The number of benzene rings is 1. The summed E-state index contributed by atoms with van der Waals surface area (Å²) in [6, 6.07) is 10.1. The van der Waals surface area contributed by atoms with Crippen molar-refractivity contribution in [1.29, 1.82) is 0 Å². The number of ketones is 1. The van der Waals surface area contributed by atoms with Crippen LogP contribution < -0.4 is 4.74 Å². The van der Waals surface area contributed by atoms with Crippen molar-refractivity contribution in [1.82, 2.24) is 0 Å². The van der Waals surface area contributed by atoms with Gasteiger partial charge in [-0.2, -0.15) is 0 Å². The van der Waals surface area contributed by atoms with Gasteiger partial charge in [0.25, 0.3) is 0 Å². The molecule has 112 valence electrons. The van der Waals surface area contributed by atoms with Gasteiger partial charge in [-0.3, -0.25) is 4.79 Å². The molecule has 0 N–H and O–H groups in total. The van der Waals surface area contributed by atoms with Crippen LogP contribution in [0.5, 0.6) is 5.75 Å². The molecule has 1 aromatic carbocycles. The second-order valence-electron chi connectivity index (χ2n) is 5.51. The molecule has 0 bridgehead atoms. The topological polar surface area (TPSA) is 26.3 Å². The third-order valence-electron chi connectivity index (χ3n) is 3.52. The molecular weight excluding hydrogens is 280 g/mol. The second kappa shape index (κ2) is 6.90. The summed E-state index contributed by atoms with van der Waals surface area (Å²) in [5.41, 5.74) is 2.29. The third kappa shape index (κ3) is 3.94. The van der Waals surface area contributed by atoms with Gasteiger partial charge in [0, 0.05) is 4.88 Å². The zero-order valence-corrected chi connectivity index (χ0v) is 13.9. The maximum atomic E-state index is 12.2. The summed E-state index contributed by atoms with van der Waals surface area (Å²) in [4.78, 5) is 14.2. The standard InChI is InChI=1S/C18H22O2S/c1-5-15-8-9-18(21-15)16(19)11-20-17-10-14(12(2)3)7-6-13(17)4/h6-10,12H,5,11H2,1-4H3. The van der Waals surface area contributed by atoms with E-state index in [0.29, 0.717) is 5.92 Å². The average molecular weight is 302 g/mol. The molecule has 0 aliphatic heterocycles. The van der Waals surface area contributed by atoms with Crippen LogP contribution in [-0.2, 0) is 6.42 Å². The summed E-state index contributed by atoms with van der Waals surface area (Å²) in [7, 11) is 0. The maximum Gasteiger partial charge on any atom is 0.210 e. The van der Waals surface area contributed by atoms with Gasteiger partial charge in [-0.25, -0.2) is 0 Å². The Kier molecular flexibility index (Phi) is 5.18. The molecule has 0 radical (unpaired) electrons. The van der Waals surface area contributed by atoms with Gasteiger partial charge in [-0.05, 0) is 48.6 Å². The molecule has 21 heavy (non-hydrogen) atoms. The summed E-state index contributed by atoms with van der Waals surface area (Å²) < 4.78 is 5.74. The van der Waals surface area contributed by atoms with Crippen molar-refractivity contribution in [2.75, 3.05) is 6.61 Å². The quantitative estimate of drug-likeness (QED) is 0.702. The predicted octanol–water partition coefficient (Wildman–Crippen LogP) is 5.00. The number of aryl methyl sites for hydroxylation is 2. The summed E-state index contributed by atoms with van der Waals surface area (Å²) >= 11 is 1.56. The van der Waals surface area contributed by atoms with Crippen molar-refractivity contribution < 1.29 is 9.53 Å². The van der Waals surface area contributed by atoms with E-state index in [1.54, 1.807) is 11.3 Å². The first kappa shape index (κ1) is 15.8. The highest BCUT2D eigenvalue weighted by molar-refractivity contribution is 7.14. The van der Waals surface area contributed by atoms with Crippen molar-refractivity contribution in [2.24, 2.45) is 0 Å². The smallest absolute Gasteiger partial charge is 0.210 e. The Morgan fingerprint density at radius 2 is 2.00 bits per heavy atom. The number of carbonyl (C=O) groups is 1. The molecule has 2 rings (SSSR count). The van der Waals surface area contributed by atoms with Crippen LogP contribution in [0.25, 0.3) is 0 Å². The molecule has 1 aromatic heterocycles. The fourth-order valence-corrected chi connectivity index (χ4v) is 2.94. The molecule has 1 heterocycles. The fourth-order valence-electron chi connectivity index (χ4n) is 2.06. The van der Waals surface area contributed by atoms with E-state index in [4.69, 9.17) is 4.74 Å². The highest BCUT2D eigenvalue weighted by atomic mass is 32.1. The van der Waals surface area contributed by atoms with Gasteiger partial charge in [0.2, 0.25) is 5.78 Å². The first-order chi connectivity index (χ1) is 10.0. The van der Waals surface area contributed by atoms with Gasteiger partial charge < -0.3 is 4.74 Å². The van der Waals surface area contributed by atoms with E-state index in [9.17, 15) is 4.79 Å². The second-order valence-corrected chi connectivity index (χ2v) is 6.68. The van der Waals surface area contributed by atoms with Gasteiger partial charge in [0.1, 0.15) is 5.75 Å². The zero-order valence-electron chi connectivity index (χ0n) is 13.1. The predicted molar refractivity (Wildman–Crippen MR) is 88.8 cm³/mol. The SMILES string of the molecule is CCc1ccc(C(=O)COc2cc(C(C)C)ccc2C)s1. The number of hydrogen-bond donors (Lipinski definition) is 0. The van der Waals surface area contributed by atoms with E-state index in [0.717, 1.165) is 22.6 Å². The van der Waals surface area contributed by atoms with Crippen LogP contribution in [0.2, 0.25) is 0 Å². The lowest BCUT2D eigenvalue weighted by Gasteiger charge is -2.12. The molecule has 0 aliphatic rings. The van der Waals surface area contributed by atoms with E-state index in [1.165, 1.54) is 10.4 Å². The number of ether oxygens (including phenoxy) is 1. The summed E-state index contributed by atoms with van der Waals surface area (Å²) in [6.07, 6.45) is 0.967. The molecule has 3 heteroatoms. The molecule has 0 saturated carbocycles. The Labute approximate surface area is 130 Å². The largest absolute Gasteiger partial charge is 0.485 e. The van der Waals surface area contributed by atoms with Crippen LogP contribution in [0.1, 0.15) is 52.4 Å². The molecule has 0 fully saturated rings. The lowest BCUT2D eigenvalue weighted by Crippen LogP contribution is -2.11. The maximum absolute atomic E-state index is 12.2. The number of hydrogen-bond acceptors (Lipinski definition) is 3. The summed E-state index contributed by atoms with van der Waals surface area (Å²) in [6.45, 7) is 8.50. The lowest BCUT2D eigenvalue weighted by molar-refractivity contribution is 0.0925. The van der Waals surface area contributed by atoms with Gasteiger partial charge in [0.15, 0.2) is 6.61 Å². The Bertz CT molecular complexity index is 626. The first-order valence-electron chi connectivity index (χ1n) is 7.36. The van der Waals surface area contributed by atoms with Crippen LogP contribution in [0.3, 0.4) is 0 Å². The van der Waals surface area contributed by atoms with Crippen LogP contribution in [0.4, 0.5) is 0 Å². The van der Waals surface area contributed by atoms with Gasteiger partial charge in [-0.15, -0.1) is 11.3 Å². The Morgan fingerprint density at radius 3 is 2.62 bits per heavy atom. The normalized spacial score (nSPS) is 10.9. The number of Topliss-reactive ketones (excluding diaryl/α,β-unsaturated/α-hetero) is 1. The van der Waals surface area contributed by atoms with Gasteiger partial charge in [0.05, 0.1) is 4.88 Å². The minimum absolute atomic E-state index is 0.0500. The molecule has 0 unspecified atom stereocenters. The highest BCUT2D eigenvalue weighted by Crippen LogP contribution is 2.25. The molecule has 0 saturated heterocycles. The minimum Gasteiger partial charge on any atom is -0.485 e. The molecule has 0 atom stereocenters. The molecule has 0 aliphatic carbocycles. The lowest BCUT2D eigenvalue weighted by atomic mass is 10.0. The van der Waals surface area contributed by atoms with E-state index in [2.05, 4.69) is 32.9 Å². The molecule has 0 amide bonds. The van der Waals surface area contributed by atoms with Crippen molar-refractivity contribution in [3.05, 3.63) is 51.2 Å². The van der Waals surface area contributed by atoms with E-state index < -0.39 is 0 Å². The third-order valence-corrected chi connectivity index (χ3v) is 4.79. The van der Waals surface area contributed by atoms with Crippen molar-refractivity contribution >= 4 is 17.1 Å². The average Bonchev–Trinajstić information content (AvgIpc) is 2.94. The van der Waals surface area contributed by atoms with E-state index >= 15 is 0 Å². The Morgan fingerprint density at radius 1 is 1.24 bits per heavy atom. The van der Waals surface area contributed by atoms with Gasteiger partial charge in [-0.1, -0.05) is 32.9 Å². The number of carbonyl (C=O) groups excluding carboxylic acids is 1. The fraction of sp³-hybridized carbons (Fsp3) is 0.389. The van der Waals surface area contributed by atoms with Gasteiger partial charge >= 0.3 is 0 Å². The monoisotopic (exact) mass is 302 g/mol. The Hall–Kier alpha value is -1.61. The van der Waals surface area contributed by atoms with E-state index in [-0.39, 0.29) is 12.4 Å². The van der Waals surface area contributed by atoms with Crippen LogP contribution in [-0.4, -0.2) is 12.4 Å². The van der Waals surface area contributed by atoms with E-state index in [1.807, 2.05) is 25.1 Å². The zero-order chi connectivity index (χ0) is 15.4.